The summed E-state index contributed by atoms with van der Waals surface area (Å²) in [5.41, 5.74) is 1.24. The summed E-state index contributed by atoms with van der Waals surface area (Å²) in [5.74, 6) is -1.35. The highest BCUT2D eigenvalue weighted by Gasteiger charge is 2.30. The van der Waals surface area contributed by atoms with E-state index in [0.717, 1.165) is 16.8 Å². The Bertz CT molecular complexity index is 1040. The maximum absolute atomic E-state index is 12.5. The monoisotopic (exact) mass is 408 g/mol. The van der Waals surface area contributed by atoms with E-state index < -0.39 is 18.0 Å². The first-order chi connectivity index (χ1) is 13.7. The molecule has 1 aromatic heterocycles. The van der Waals surface area contributed by atoms with Crippen molar-refractivity contribution in [1.29, 1.82) is 0 Å². The van der Waals surface area contributed by atoms with Gasteiger partial charge in [0.1, 0.15) is 18.6 Å². The molecule has 3 aromatic rings. The highest BCUT2D eigenvalue weighted by Crippen LogP contribution is 2.22. The van der Waals surface area contributed by atoms with Crippen LogP contribution in [0.25, 0.3) is 5.69 Å². The molecule has 0 radical (unpaired) electrons. The van der Waals surface area contributed by atoms with Crippen LogP contribution in [0.3, 0.4) is 0 Å². The number of rotatable bonds is 7. The fourth-order valence-electron chi connectivity index (χ4n) is 2.51. The molecule has 0 bridgehead atoms. The van der Waals surface area contributed by atoms with Gasteiger partial charge in [0.15, 0.2) is 0 Å². The number of hydrogen-bond donors (Lipinski definition) is 2. The molecule has 152 valence electrons. The summed E-state index contributed by atoms with van der Waals surface area (Å²) in [6, 6.07) is 11.6. The highest BCUT2D eigenvalue weighted by atomic mass is 19.4. The van der Waals surface area contributed by atoms with Crippen molar-refractivity contribution in [3.05, 3.63) is 70.9 Å². The Morgan fingerprint density at radius 3 is 2.34 bits per heavy atom. The van der Waals surface area contributed by atoms with Crippen LogP contribution >= 0.6 is 0 Å². The fourth-order valence-corrected chi connectivity index (χ4v) is 2.51. The van der Waals surface area contributed by atoms with Gasteiger partial charge in [0.25, 0.3) is 0 Å². The maximum Gasteiger partial charge on any atom is 0.573 e. The Morgan fingerprint density at radius 1 is 1.10 bits per heavy atom. The van der Waals surface area contributed by atoms with Crippen LogP contribution in [0.2, 0.25) is 0 Å². The molecule has 0 saturated carbocycles. The predicted octanol–water partition coefficient (Wildman–Crippen LogP) is 2.48. The van der Waals surface area contributed by atoms with Gasteiger partial charge in [0.2, 0.25) is 0 Å². The van der Waals surface area contributed by atoms with E-state index in [-0.39, 0.29) is 18.8 Å². The number of benzene rings is 2. The number of alkyl halides is 3. The van der Waals surface area contributed by atoms with Gasteiger partial charge < -0.3 is 15.2 Å². The highest BCUT2D eigenvalue weighted by molar-refractivity contribution is 5.72. The SMILES string of the molecule is O=C(O)CNc1ccc(-n2cnn(Cc3ccc(OC(F)(F)F)cc3)c2=O)cc1. The van der Waals surface area contributed by atoms with E-state index >= 15 is 0 Å². The molecule has 0 aliphatic rings. The molecule has 11 heteroatoms. The zero-order valence-corrected chi connectivity index (χ0v) is 14.8. The number of anilines is 1. The Kier molecular flexibility index (Phi) is 5.57. The lowest BCUT2D eigenvalue weighted by atomic mass is 10.2. The van der Waals surface area contributed by atoms with Crippen molar-refractivity contribution in [2.75, 3.05) is 11.9 Å². The zero-order chi connectivity index (χ0) is 21.0. The van der Waals surface area contributed by atoms with Gasteiger partial charge in [-0.3, -0.25) is 4.79 Å². The quantitative estimate of drug-likeness (QED) is 0.623. The summed E-state index contributed by atoms with van der Waals surface area (Å²) >= 11 is 0. The van der Waals surface area contributed by atoms with Crippen molar-refractivity contribution in [3.8, 4) is 11.4 Å². The second kappa shape index (κ2) is 8.09. The number of carbonyl (C=O) groups is 1. The molecule has 0 amide bonds. The molecule has 0 spiro atoms. The lowest BCUT2D eigenvalue weighted by Gasteiger charge is -2.09. The third kappa shape index (κ3) is 5.37. The van der Waals surface area contributed by atoms with Crippen LogP contribution in [0.1, 0.15) is 5.56 Å². The first-order valence-corrected chi connectivity index (χ1v) is 8.26. The average Bonchev–Trinajstić information content (AvgIpc) is 3.01. The molecule has 3 rings (SSSR count). The summed E-state index contributed by atoms with van der Waals surface area (Å²) in [6.07, 6.45) is -3.45. The Balaban J connectivity index is 1.71. The van der Waals surface area contributed by atoms with Gasteiger partial charge in [-0.05, 0) is 42.0 Å². The van der Waals surface area contributed by atoms with Gasteiger partial charge in [-0.25, -0.2) is 14.0 Å². The second-order valence-electron chi connectivity index (χ2n) is 5.93. The molecule has 0 atom stereocenters. The number of nitrogens with zero attached hydrogens (tertiary/aromatic N) is 3. The van der Waals surface area contributed by atoms with Gasteiger partial charge in [0, 0.05) is 5.69 Å². The van der Waals surface area contributed by atoms with E-state index in [4.69, 9.17) is 5.11 Å². The number of carboxylic acids is 1. The summed E-state index contributed by atoms with van der Waals surface area (Å²) in [7, 11) is 0. The number of carboxylic acid groups (broad SMARTS) is 1. The smallest absolute Gasteiger partial charge is 0.480 e. The van der Waals surface area contributed by atoms with E-state index in [1.807, 2.05) is 0 Å². The number of aliphatic carboxylic acids is 1. The zero-order valence-electron chi connectivity index (χ0n) is 14.8. The van der Waals surface area contributed by atoms with Crippen LogP contribution in [0.4, 0.5) is 18.9 Å². The third-order valence-corrected chi connectivity index (χ3v) is 3.81. The first kappa shape index (κ1) is 20.0. The Morgan fingerprint density at radius 2 is 1.76 bits per heavy atom. The molecule has 0 aliphatic carbocycles. The van der Waals surface area contributed by atoms with E-state index in [9.17, 15) is 22.8 Å². The van der Waals surface area contributed by atoms with Gasteiger partial charge in [0.05, 0.1) is 12.2 Å². The minimum absolute atomic E-state index is 0.0659. The average molecular weight is 408 g/mol. The summed E-state index contributed by atoms with van der Waals surface area (Å²) < 4.78 is 42.9. The van der Waals surface area contributed by atoms with Crippen molar-refractivity contribution < 1.29 is 27.8 Å². The van der Waals surface area contributed by atoms with Crippen molar-refractivity contribution in [1.82, 2.24) is 14.3 Å². The topological polar surface area (TPSA) is 98.4 Å². The minimum Gasteiger partial charge on any atom is -0.480 e. The summed E-state index contributed by atoms with van der Waals surface area (Å²) in [6.45, 7) is -0.166. The number of nitrogens with one attached hydrogen (secondary N) is 1. The lowest BCUT2D eigenvalue weighted by Crippen LogP contribution is -2.24. The maximum atomic E-state index is 12.5. The molecule has 8 nitrogen and oxygen atoms in total. The van der Waals surface area contributed by atoms with Crippen molar-refractivity contribution in [2.45, 2.75) is 12.9 Å². The van der Waals surface area contributed by atoms with Crippen LogP contribution in [0.15, 0.2) is 59.7 Å². The van der Waals surface area contributed by atoms with Crippen LogP contribution in [-0.2, 0) is 11.3 Å². The molecule has 0 unspecified atom stereocenters. The van der Waals surface area contributed by atoms with Gasteiger partial charge >= 0.3 is 18.0 Å². The van der Waals surface area contributed by atoms with Crippen molar-refractivity contribution in [2.24, 2.45) is 0 Å². The van der Waals surface area contributed by atoms with Gasteiger partial charge in [-0.2, -0.15) is 5.10 Å². The van der Waals surface area contributed by atoms with E-state index in [2.05, 4.69) is 15.2 Å². The van der Waals surface area contributed by atoms with Gasteiger partial charge in [-0.15, -0.1) is 13.2 Å². The molecule has 2 N–H and O–H groups in total. The second-order valence-corrected chi connectivity index (χ2v) is 5.93. The van der Waals surface area contributed by atoms with Crippen LogP contribution in [0, 0.1) is 0 Å². The van der Waals surface area contributed by atoms with Crippen LogP contribution < -0.4 is 15.7 Å². The molecule has 0 fully saturated rings. The standard InChI is InChI=1S/C18H15F3N4O4/c19-18(20,21)29-15-7-1-12(2-8-15)10-25-17(28)24(11-23-25)14-5-3-13(4-6-14)22-9-16(26)27/h1-8,11,22H,9-10H2,(H,26,27). The summed E-state index contributed by atoms with van der Waals surface area (Å²) in [5, 5.41) is 15.4. The third-order valence-electron chi connectivity index (χ3n) is 3.81. The number of ether oxygens (including phenoxy) is 1. The lowest BCUT2D eigenvalue weighted by molar-refractivity contribution is -0.274. The summed E-state index contributed by atoms with van der Waals surface area (Å²) in [4.78, 5) is 23.1. The number of hydrogen-bond acceptors (Lipinski definition) is 5. The van der Waals surface area contributed by atoms with Gasteiger partial charge in [-0.1, -0.05) is 12.1 Å². The van der Waals surface area contributed by atoms with E-state index in [1.54, 1.807) is 24.3 Å². The Labute approximate surface area is 161 Å². The van der Waals surface area contributed by atoms with Crippen molar-refractivity contribution in [3.63, 3.8) is 0 Å². The number of aromatic nitrogens is 3. The normalized spacial score (nSPS) is 11.3. The largest absolute Gasteiger partial charge is 0.573 e. The Hall–Kier alpha value is -3.76. The molecular weight excluding hydrogens is 393 g/mol. The molecule has 2 aromatic carbocycles. The molecule has 0 aliphatic heterocycles. The van der Waals surface area contributed by atoms with Crippen LogP contribution in [-0.4, -0.2) is 38.3 Å². The van der Waals surface area contributed by atoms with Crippen LogP contribution in [0.5, 0.6) is 5.75 Å². The van der Waals surface area contributed by atoms with Crippen molar-refractivity contribution >= 4 is 11.7 Å². The first-order valence-electron chi connectivity index (χ1n) is 8.26. The van der Waals surface area contributed by atoms with E-state index in [0.29, 0.717) is 16.9 Å². The molecular formula is C18H15F3N4O4. The molecule has 1 heterocycles. The number of halogens is 3. The minimum atomic E-state index is -4.77. The fraction of sp³-hybridized carbons (Fsp3) is 0.167. The molecule has 29 heavy (non-hydrogen) atoms. The van der Waals surface area contributed by atoms with E-state index in [1.165, 1.54) is 23.0 Å². The molecule has 0 saturated heterocycles. The predicted molar refractivity (Wildman–Crippen MR) is 96.2 cm³/mol.